The van der Waals surface area contributed by atoms with Gasteiger partial charge in [0.1, 0.15) is 16.5 Å². The molecule has 0 saturated carbocycles. The molecule has 1 fully saturated rings. The average molecular weight is 544 g/mol. The third-order valence-electron chi connectivity index (χ3n) is 6.36. The second kappa shape index (κ2) is 11.5. The lowest BCUT2D eigenvalue weighted by Gasteiger charge is -2.23. The predicted octanol–water partition coefficient (Wildman–Crippen LogP) is 5.04. The summed E-state index contributed by atoms with van der Waals surface area (Å²) in [6, 6.07) is 11.5. The highest BCUT2D eigenvalue weighted by molar-refractivity contribution is 7.64. The van der Waals surface area contributed by atoms with Crippen molar-refractivity contribution in [2.45, 2.75) is 12.5 Å². The molecule has 0 aliphatic carbocycles. The summed E-state index contributed by atoms with van der Waals surface area (Å²) >= 11 is 6.40. The van der Waals surface area contributed by atoms with Gasteiger partial charge in [-0.25, -0.2) is 4.98 Å². The Hall–Kier alpha value is -3.20. The number of ether oxygens (including phenoxy) is 1. The monoisotopic (exact) mass is 543 g/mol. The Balaban J connectivity index is 1.65. The second-order valence-electron chi connectivity index (χ2n) is 9.20. The average Bonchev–Trinajstić information content (AvgIpc) is 3.36. The van der Waals surface area contributed by atoms with Crippen LogP contribution in [0.25, 0.3) is 0 Å². The molecule has 0 amide bonds. The van der Waals surface area contributed by atoms with Crippen LogP contribution in [-0.4, -0.2) is 73.5 Å². The summed E-state index contributed by atoms with van der Waals surface area (Å²) in [5.41, 5.74) is 1.83. The van der Waals surface area contributed by atoms with Crippen LogP contribution in [0.4, 0.5) is 34.5 Å². The van der Waals surface area contributed by atoms with E-state index < -0.39 is 0 Å². The molecule has 12 heteroatoms. The van der Waals surface area contributed by atoms with Gasteiger partial charge in [-0.15, -0.1) is 0 Å². The molecule has 10 nitrogen and oxygen atoms in total. The number of halogens is 1. The van der Waals surface area contributed by atoms with Crippen LogP contribution in [0.1, 0.15) is 6.42 Å². The minimum Gasteiger partial charge on any atom is -0.494 e. The molecule has 1 saturated heterocycles. The first kappa shape index (κ1) is 26.9. The van der Waals surface area contributed by atoms with Crippen molar-refractivity contribution >= 4 is 59.3 Å². The Labute approximate surface area is 222 Å². The van der Waals surface area contributed by atoms with E-state index in [1.807, 2.05) is 37.2 Å². The zero-order valence-corrected chi connectivity index (χ0v) is 23.2. The molecule has 2 heterocycles. The van der Waals surface area contributed by atoms with E-state index in [1.165, 1.54) is 24.7 Å². The molecule has 196 valence electrons. The SMILES string of the molecule is COc1cc(N2CCC(N(C)C)C2)c([N+](=O)[O-])cc1Nc1ncc(Cl)c(Nc2ccccc2P(C)C)n1. The fourth-order valence-corrected chi connectivity index (χ4v) is 5.47. The van der Waals surface area contributed by atoms with Crippen molar-refractivity contribution in [2.24, 2.45) is 0 Å². The maximum absolute atomic E-state index is 12.0. The van der Waals surface area contributed by atoms with Crippen LogP contribution in [0.5, 0.6) is 5.75 Å². The van der Waals surface area contributed by atoms with E-state index in [4.69, 9.17) is 16.3 Å². The molecule has 2 aromatic carbocycles. The van der Waals surface area contributed by atoms with Gasteiger partial charge in [-0.1, -0.05) is 37.7 Å². The van der Waals surface area contributed by atoms with Crippen LogP contribution < -0.4 is 25.6 Å². The molecule has 1 atom stereocenters. The van der Waals surface area contributed by atoms with Gasteiger partial charge in [0.15, 0.2) is 5.82 Å². The third-order valence-corrected chi connectivity index (χ3v) is 7.99. The fraction of sp³-hybridized carbons (Fsp3) is 0.360. The zero-order chi connectivity index (χ0) is 26.7. The van der Waals surface area contributed by atoms with Crippen molar-refractivity contribution in [3.63, 3.8) is 0 Å². The fourth-order valence-electron chi connectivity index (χ4n) is 4.34. The van der Waals surface area contributed by atoms with Crippen molar-refractivity contribution in [3.8, 4) is 5.75 Å². The first-order valence-corrected chi connectivity index (χ1v) is 14.4. The van der Waals surface area contributed by atoms with E-state index in [0.717, 1.165) is 18.7 Å². The van der Waals surface area contributed by atoms with E-state index in [0.29, 0.717) is 40.6 Å². The second-order valence-corrected chi connectivity index (χ2v) is 11.9. The molecule has 37 heavy (non-hydrogen) atoms. The van der Waals surface area contributed by atoms with Gasteiger partial charge in [0.25, 0.3) is 5.69 Å². The van der Waals surface area contributed by atoms with E-state index >= 15 is 0 Å². The molecule has 0 radical (unpaired) electrons. The number of aromatic nitrogens is 2. The Kier molecular flexibility index (Phi) is 8.32. The Morgan fingerprint density at radius 2 is 1.97 bits per heavy atom. The number of hydrogen-bond donors (Lipinski definition) is 2. The first-order chi connectivity index (χ1) is 17.7. The quantitative estimate of drug-likeness (QED) is 0.218. The molecule has 0 spiro atoms. The van der Waals surface area contributed by atoms with E-state index in [9.17, 15) is 10.1 Å². The maximum atomic E-state index is 12.0. The smallest absolute Gasteiger partial charge is 0.294 e. The Morgan fingerprint density at radius 3 is 2.62 bits per heavy atom. The van der Waals surface area contributed by atoms with Crippen LogP contribution >= 0.6 is 19.5 Å². The number of methoxy groups -OCH3 is 1. The Morgan fingerprint density at radius 1 is 1.22 bits per heavy atom. The van der Waals surface area contributed by atoms with E-state index in [1.54, 1.807) is 6.07 Å². The number of nitrogens with one attached hydrogen (secondary N) is 2. The number of nitro groups is 1. The number of nitrogens with zero attached hydrogens (tertiary/aromatic N) is 5. The lowest BCUT2D eigenvalue weighted by atomic mass is 10.2. The molecule has 1 aromatic heterocycles. The largest absolute Gasteiger partial charge is 0.494 e. The minimum absolute atomic E-state index is 0.0109. The maximum Gasteiger partial charge on any atom is 0.294 e. The minimum atomic E-state index is -0.372. The molecule has 1 aliphatic heterocycles. The summed E-state index contributed by atoms with van der Waals surface area (Å²) in [5, 5.41) is 20.0. The molecule has 0 bridgehead atoms. The van der Waals surface area contributed by atoms with Gasteiger partial charge in [-0.3, -0.25) is 10.1 Å². The highest BCUT2D eigenvalue weighted by atomic mass is 35.5. The number of nitro benzene ring substituents is 1. The van der Waals surface area contributed by atoms with Gasteiger partial charge < -0.3 is 25.2 Å². The van der Waals surface area contributed by atoms with Gasteiger partial charge in [0.05, 0.1) is 23.9 Å². The summed E-state index contributed by atoms with van der Waals surface area (Å²) in [5.74, 6) is 1.11. The van der Waals surface area contributed by atoms with E-state index in [2.05, 4.69) is 44.9 Å². The molecule has 1 unspecified atom stereocenters. The molecular weight excluding hydrogens is 513 g/mol. The molecule has 4 rings (SSSR count). The highest BCUT2D eigenvalue weighted by Crippen LogP contribution is 2.41. The van der Waals surface area contributed by atoms with Gasteiger partial charge in [-0.2, -0.15) is 4.98 Å². The predicted molar refractivity (Wildman–Crippen MR) is 152 cm³/mol. The first-order valence-electron chi connectivity index (χ1n) is 11.8. The third kappa shape index (κ3) is 6.04. The standard InChI is InChI=1S/C25H31ClN7O3P/c1-31(2)16-10-11-32(15-16)20-13-22(36-3)19(12-21(20)33(34)35)29-25-27-14-17(26)24(30-25)28-18-8-6-7-9-23(18)37(4)5/h6-9,12-14,16H,10-11,15H2,1-5H3,(H2,27,28,29,30). The number of likely N-dealkylation sites (N-methyl/N-ethyl adjacent to an activating group) is 1. The van der Waals surface area contributed by atoms with Crippen molar-refractivity contribution in [3.05, 3.63) is 57.7 Å². The van der Waals surface area contributed by atoms with Crippen molar-refractivity contribution in [1.82, 2.24) is 14.9 Å². The summed E-state index contributed by atoms with van der Waals surface area (Å²) < 4.78 is 5.60. The van der Waals surface area contributed by atoms with Gasteiger partial charge >= 0.3 is 0 Å². The number of benzene rings is 2. The van der Waals surface area contributed by atoms with Gasteiger partial charge in [0, 0.05) is 37.0 Å². The van der Waals surface area contributed by atoms with Crippen LogP contribution in [-0.2, 0) is 0 Å². The molecule has 2 N–H and O–H groups in total. The summed E-state index contributed by atoms with van der Waals surface area (Å²) in [6.07, 6.45) is 2.42. The lowest BCUT2D eigenvalue weighted by Crippen LogP contribution is -2.31. The van der Waals surface area contributed by atoms with Crippen molar-refractivity contribution in [1.29, 1.82) is 0 Å². The van der Waals surface area contributed by atoms with Crippen molar-refractivity contribution < 1.29 is 9.66 Å². The van der Waals surface area contributed by atoms with Gasteiger partial charge in [-0.05, 0) is 45.2 Å². The normalized spacial score (nSPS) is 15.4. The van der Waals surface area contributed by atoms with Gasteiger partial charge in [0.2, 0.25) is 5.95 Å². The summed E-state index contributed by atoms with van der Waals surface area (Å²) in [7, 11) is 5.22. The highest BCUT2D eigenvalue weighted by Gasteiger charge is 2.30. The van der Waals surface area contributed by atoms with Crippen LogP contribution in [0.2, 0.25) is 5.02 Å². The van der Waals surface area contributed by atoms with E-state index in [-0.39, 0.29) is 24.5 Å². The number of rotatable bonds is 9. The number of anilines is 5. The summed E-state index contributed by atoms with van der Waals surface area (Å²) in [4.78, 5) is 24.7. The lowest BCUT2D eigenvalue weighted by molar-refractivity contribution is -0.384. The van der Waals surface area contributed by atoms with Crippen LogP contribution in [0.3, 0.4) is 0 Å². The molecule has 3 aromatic rings. The number of para-hydroxylation sites is 1. The number of hydrogen-bond acceptors (Lipinski definition) is 9. The summed E-state index contributed by atoms with van der Waals surface area (Å²) in [6.45, 7) is 5.79. The zero-order valence-electron chi connectivity index (χ0n) is 21.5. The Bertz CT molecular complexity index is 1290. The molecule has 1 aliphatic rings. The van der Waals surface area contributed by atoms with Crippen LogP contribution in [0.15, 0.2) is 42.6 Å². The topological polar surface area (TPSA) is 109 Å². The van der Waals surface area contributed by atoms with Crippen molar-refractivity contribution in [2.75, 3.05) is 63.2 Å². The van der Waals surface area contributed by atoms with Crippen LogP contribution in [0, 0.1) is 10.1 Å². The molecular formula is C25H31ClN7O3P.